The molecule has 1 aliphatic heterocycles. The van der Waals surface area contributed by atoms with Crippen molar-refractivity contribution in [2.45, 2.75) is 45.6 Å². The van der Waals surface area contributed by atoms with Gasteiger partial charge in [-0.1, -0.05) is 13.3 Å². The smallest absolute Gasteiger partial charge is 0.229 e. The van der Waals surface area contributed by atoms with Crippen molar-refractivity contribution in [1.29, 1.82) is 0 Å². The van der Waals surface area contributed by atoms with Crippen molar-refractivity contribution in [2.24, 2.45) is 0 Å². The standard InChI is InChI=1S/C19H27N5O/c1-4-6-14-12-18(24-10-5-7-13(24)2)23-19(21-14)22-15-8-9-17(25-3)16(20)11-15/h8-9,11-13H,4-7,10,20H2,1-3H3,(H,21,22,23)/t13-/m1/s1. The largest absolute Gasteiger partial charge is 0.495 e. The van der Waals surface area contributed by atoms with Gasteiger partial charge in [0.05, 0.1) is 12.8 Å². The van der Waals surface area contributed by atoms with Crippen molar-refractivity contribution in [3.8, 4) is 5.75 Å². The van der Waals surface area contributed by atoms with E-state index in [-0.39, 0.29) is 0 Å². The minimum Gasteiger partial charge on any atom is -0.495 e. The summed E-state index contributed by atoms with van der Waals surface area (Å²) in [4.78, 5) is 11.8. The molecule has 25 heavy (non-hydrogen) atoms. The van der Waals surface area contributed by atoms with Gasteiger partial charge in [0, 0.05) is 30.0 Å². The molecular formula is C19H27N5O. The summed E-state index contributed by atoms with van der Waals surface area (Å²) in [5.74, 6) is 2.29. The van der Waals surface area contributed by atoms with Crippen LogP contribution in [0.25, 0.3) is 0 Å². The highest BCUT2D eigenvalue weighted by Crippen LogP contribution is 2.28. The van der Waals surface area contributed by atoms with E-state index in [0.717, 1.165) is 36.6 Å². The van der Waals surface area contributed by atoms with Gasteiger partial charge in [0.25, 0.3) is 0 Å². The summed E-state index contributed by atoms with van der Waals surface area (Å²) in [6, 6.07) is 8.25. The normalized spacial score (nSPS) is 16.9. The lowest BCUT2D eigenvalue weighted by atomic mass is 10.2. The summed E-state index contributed by atoms with van der Waals surface area (Å²) in [5, 5.41) is 3.29. The fraction of sp³-hybridized carbons (Fsp3) is 0.474. The number of hydrogen-bond acceptors (Lipinski definition) is 6. The summed E-state index contributed by atoms with van der Waals surface area (Å²) >= 11 is 0. The number of methoxy groups -OCH3 is 1. The van der Waals surface area contributed by atoms with Gasteiger partial charge in [0.15, 0.2) is 0 Å². The first kappa shape index (κ1) is 17.3. The predicted octanol–water partition coefficient (Wildman–Crippen LogP) is 3.75. The third-order valence-electron chi connectivity index (χ3n) is 4.60. The third-order valence-corrected chi connectivity index (χ3v) is 4.60. The molecule has 0 radical (unpaired) electrons. The topological polar surface area (TPSA) is 76.3 Å². The molecule has 0 amide bonds. The summed E-state index contributed by atoms with van der Waals surface area (Å²) in [7, 11) is 1.61. The first-order valence-electron chi connectivity index (χ1n) is 8.96. The molecule has 0 aliphatic carbocycles. The highest BCUT2D eigenvalue weighted by Gasteiger charge is 2.22. The zero-order valence-electron chi connectivity index (χ0n) is 15.2. The van der Waals surface area contributed by atoms with Gasteiger partial charge in [0.1, 0.15) is 11.6 Å². The Hall–Kier alpha value is -2.50. The van der Waals surface area contributed by atoms with Gasteiger partial charge >= 0.3 is 0 Å². The number of ether oxygens (including phenoxy) is 1. The van der Waals surface area contributed by atoms with Crippen LogP contribution < -0.4 is 20.7 Å². The second kappa shape index (κ2) is 7.59. The van der Waals surface area contributed by atoms with Crippen LogP contribution in [0.15, 0.2) is 24.3 Å². The molecule has 6 heteroatoms. The lowest BCUT2D eigenvalue weighted by molar-refractivity contribution is 0.417. The second-order valence-corrected chi connectivity index (χ2v) is 6.56. The molecular weight excluding hydrogens is 314 g/mol. The van der Waals surface area contributed by atoms with E-state index in [1.807, 2.05) is 18.2 Å². The summed E-state index contributed by atoms with van der Waals surface area (Å²) in [5.41, 5.74) is 8.50. The molecule has 134 valence electrons. The number of aromatic nitrogens is 2. The van der Waals surface area contributed by atoms with Crippen LogP contribution in [0.5, 0.6) is 5.75 Å². The third kappa shape index (κ3) is 3.95. The Morgan fingerprint density at radius 2 is 2.16 bits per heavy atom. The molecule has 2 aromatic rings. The quantitative estimate of drug-likeness (QED) is 0.779. The van der Waals surface area contributed by atoms with Crippen LogP contribution in [0.1, 0.15) is 38.8 Å². The van der Waals surface area contributed by atoms with Crippen LogP contribution >= 0.6 is 0 Å². The Kier molecular flexibility index (Phi) is 5.26. The van der Waals surface area contributed by atoms with Crippen molar-refractivity contribution in [2.75, 3.05) is 29.6 Å². The highest BCUT2D eigenvalue weighted by molar-refractivity contribution is 5.65. The van der Waals surface area contributed by atoms with E-state index in [4.69, 9.17) is 15.5 Å². The Morgan fingerprint density at radius 3 is 2.80 bits per heavy atom. The zero-order valence-corrected chi connectivity index (χ0v) is 15.2. The van der Waals surface area contributed by atoms with Crippen molar-refractivity contribution in [3.05, 3.63) is 30.0 Å². The number of nitrogen functional groups attached to an aromatic ring is 1. The van der Waals surface area contributed by atoms with Crippen LogP contribution in [0.3, 0.4) is 0 Å². The molecule has 0 spiro atoms. The number of nitrogens with two attached hydrogens (primary N) is 1. The lowest BCUT2D eigenvalue weighted by Gasteiger charge is -2.23. The number of nitrogens with one attached hydrogen (secondary N) is 1. The van der Waals surface area contributed by atoms with Gasteiger partial charge in [0.2, 0.25) is 5.95 Å². The number of aryl methyl sites for hydroxylation is 1. The molecule has 6 nitrogen and oxygen atoms in total. The Bertz CT molecular complexity index is 734. The van der Waals surface area contributed by atoms with Gasteiger partial charge < -0.3 is 20.7 Å². The van der Waals surface area contributed by atoms with Crippen molar-refractivity contribution in [1.82, 2.24) is 9.97 Å². The second-order valence-electron chi connectivity index (χ2n) is 6.56. The number of anilines is 4. The van der Waals surface area contributed by atoms with E-state index in [2.05, 4.69) is 35.1 Å². The van der Waals surface area contributed by atoms with Gasteiger partial charge in [-0.15, -0.1) is 0 Å². The van der Waals surface area contributed by atoms with Gasteiger partial charge in [-0.05, 0) is 44.4 Å². The fourth-order valence-electron chi connectivity index (χ4n) is 3.29. The molecule has 1 saturated heterocycles. The van der Waals surface area contributed by atoms with E-state index >= 15 is 0 Å². The maximum absolute atomic E-state index is 6.00. The van der Waals surface area contributed by atoms with Crippen molar-refractivity contribution < 1.29 is 4.74 Å². The molecule has 1 aromatic heterocycles. The zero-order chi connectivity index (χ0) is 17.8. The SMILES string of the molecule is CCCc1cc(N2CCC[C@H]2C)nc(Nc2ccc(OC)c(N)c2)n1. The molecule has 3 N–H and O–H groups in total. The van der Waals surface area contributed by atoms with E-state index in [9.17, 15) is 0 Å². The number of benzene rings is 1. The molecule has 0 bridgehead atoms. The molecule has 1 aromatic carbocycles. The first-order chi connectivity index (χ1) is 12.1. The van der Waals surface area contributed by atoms with Crippen LogP contribution in [0.4, 0.5) is 23.1 Å². The number of nitrogens with zero attached hydrogens (tertiary/aromatic N) is 3. The molecule has 1 aliphatic rings. The summed E-state index contributed by atoms with van der Waals surface area (Å²) in [6.07, 6.45) is 4.43. The molecule has 0 unspecified atom stereocenters. The monoisotopic (exact) mass is 341 g/mol. The van der Waals surface area contributed by atoms with E-state index in [1.165, 1.54) is 12.8 Å². The molecule has 0 saturated carbocycles. The highest BCUT2D eigenvalue weighted by atomic mass is 16.5. The van der Waals surface area contributed by atoms with E-state index < -0.39 is 0 Å². The summed E-state index contributed by atoms with van der Waals surface area (Å²) in [6.45, 7) is 5.47. The van der Waals surface area contributed by atoms with E-state index in [1.54, 1.807) is 7.11 Å². The minimum absolute atomic E-state index is 0.522. The fourth-order valence-corrected chi connectivity index (χ4v) is 3.29. The Labute approximate surface area is 149 Å². The lowest BCUT2D eigenvalue weighted by Crippen LogP contribution is -2.27. The molecule has 2 heterocycles. The van der Waals surface area contributed by atoms with Gasteiger partial charge in [-0.2, -0.15) is 4.98 Å². The Morgan fingerprint density at radius 1 is 1.32 bits per heavy atom. The molecule has 1 atom stereocenters. The maximum atomic E-state index is 6.00. The number of rotatable bonds is 6. The first-order valence-corrected chi connectivity index (χ1v) is 8.96. The maximum Gasteiger partial charge on any atom is 0.229 e. The van der Waals surface area contributed by atoms with Crippen molar-refractivity contribution in [3.63, 3.8) is 0 Å². The molecule has 3 rings (SSSR count). The Balaban J connectivity index is 1.89. The van der Waals surface area contributed by atoms with Crippen LogP contribution in [0, 0.1) is 0 Å². The van der Waals surface area contributed by atoms with Crippen molar-refractivity contribution >= 4 is 23.1 Å². The average molecular weight is 341 g/mol. The van der Waals surface area contributed by atoms with E-state index in [0.29, 0.717) is 23.4 Å². The van der Waals surface area contributed by atoms with Crippen LogP contribution in [-0.4, -0.2) is 29.7 Å². The predicted molar refractivity (Wildman–Crippen MR) is 103 cm³/mol. The minimum atomic E-state index is 0.522. The average Bonchev–Trinajstić information content (AvgIpc) is 3.01. The van der Waals surface area contributed by atoms with Crippen LogP contribution in [-0.2, 0) is 6.42 Å². The number of hydrogen-bond donors (Lipinski definition) is 2. The van der Waals surface area contributed by atoms with Crippen LogP contribution in [0.2, 0.25) is 0 Å². The summed E-state index contributed by atoms with van der Waals surface area (Å²) < 4.78 is 5.21. The van der Waals surface area contributed by atoms with Gasteiger partial charge in [-0.25, -0.2) is 4.98 Å². The molecule has 1 fully saturated rings. The van der Waals surface area contributed by atoms with Gasteiger partial charge in [-0.3, -0.25) is 0 Å².